The lowest BCUT2D eigenvalue weighted by atomic mass is 10.1. The number of thiol groups is 1. The van der Waals surface area contributed by atoms with Crippen LogP contribution >= 0.6 is 12.6 Å². The highest BCUT2D eigenvalue weighted by molar-refractivity contribution is 7.80. The SMILES string of the molecule is NC(CC(=O)O)C(=O)NC(Cc1cnc[nH]1)C(=O)NC(CC(=O)O)C(=O)NC(CS)C(=O)O. The number of aliphatic carboxylic acids is 3. The Labute approximate surface area is 191 Å². The highest BCUT2D eigenvalue weighted by atomic mass is 32.1. The summed E-state index contributed by atoms with van der Waals surface area (Å²) in [6, 6.07) is -6.01. The van der Waals surface area contributed by atoms with Crippen LogP contribution in [0.3, 0.4) is 0 Å². The fourth-order valence-corrected chi connectivity index (χ4v) is 2.75. The number of rotatable bonds is 14. The number of H-pyrrole nitrogens is 1. The van der Waals surface area contributed by atoms with Crippen molar-refractivity contribution in [1.82, 2.24) is 25.9 Å². The van der Waals surface area contributed by atoms with E-state index >= 15 is 0 Å². The van der Waals surface area contributed by atoms with Gasteiger partial charge in [0.05, 0.1) is 25.2 Å². The Kier molecular flexibility index (Phi) is 10.8. The van der Waals surface area contributed by atoms with E-state index in [9.17, 15) is 28.8 Å². The van der Waals surface area contributed by atoms with Crippen molar-refractivity contribution in [3.05, 3.63) is 18.2 Å². The highest BCUT2D eigenvalue weighted by Gasteiger charge is 2.32. The number of carbonyl (C=O) groups is 6. The third-order valence-corrected chi connectivity index (χ3v) is 4.52. The fraction of sp³-hybridized carbons (Fsp3) is 0.471. The van der Waals surface area contributed by atoms with E-state index in [0.717, 1.165) is 0 Å². The van der Waals surface area contributed by atoms with Crippen LogP contribution in [-0.2, 0) is 35.2 Å². The number of imidazole rings is 1. The van der Waals surface area contributed by atoms with E-state index in [1.54, 1.807) is 0 Å². The van der Waals surface area contributed by atoms with Gasteiger partial charge in [0.2, 0.25) is 17.7 Å². The van der Waals surface area contributed by atoms with E-state index in [1.807, 2.05) is 0 Å². The van der Waals surface area contributed by atoms with Crippen LogP contribution in [0, 0.1) is 0 Å². The van der Waals surface area contributed by atoms with E-state index in [0.29, 0.717) is 5.69 Å². The second-order valence-electron chi connectivity index (χ2n) is 6.79. The Morgan fingerprint density at radius 3 is 1.94 bits per heavy atom. The molecule has 9 N–H and O–H groups in total. The zero-order valence-corrected chi connectivity index (χ0v) is 17.9. The van der Waals surface area contributed by atoms with Gasteiger partial charge in [0.1, 0.15) is 18.1 Å². The third kappa shape index (κ3) is 9.56. The van der Waals surface area contributed by atoms with Gasteiger partial charge in [0, 0.05) is 24.1 Å². The van der Waals surface area contributed by atoms with Crippen molar-refractivity contribution in [1.29, 1.82) is 0 Å². The van der Waals surface area contributed by atoms with Crippen molar-refractivity contribution in [2.24, 2.45) is 5.73 Å². The summed E-state index contributed by atoms with van der Waals surface area (Å²) in [7, 11) is 0. The molecule has 1 rings (SSSR count). The Morgan fingerprint density at radius 2 is 1.45 bits per heavy atom. The van der Waals surface area contributed by atoms with Crippen LogP contribution in [0.4, 0.5) is 0 Å². The molecule has 0 aromatic carbocycles. The van der Waals surface area contributed by atoms with Gasteiger partial charge in [-0.2, -0.15) is 12.6 Å². The summed E-state index contributed by atoms with van der Waals surface area (Å²) in [5.74, 6) is -7.60. The molecule has 0 bridgehead atoms. The lowest BCUT2D eigenvalue weighted by Gasteiger charge is -2.24. The molecule has 0 fully saturated rings. The van der Waals surface area contributed by atoms with Crippen molar-refractivity contribution in [2.45, 2.75) is 43.4 Å². The van der Waals surface area contributed by atoms with E-state index in [2.05, 4.69) is 38.5 Å². The molecular weight excluding hydrogens is 464 g/mol. The summed E-state index contributed by atoms with van der Waals surface area (Å²) in [5.41, 5.74) is 5.88. The topological polar surface area (TPSA) is 254 Å². The number of carboxylic acid groups (broad SMARTS) is 3. The van der Waals surface area contributed by atoms with Gasteiger partial charge < -0.3 is 42.0 Å². The molecule has 0 aliphatic heterocycles. The molecule has 1 heterocycles. The molecule has 182 valence electrons. The number of carbonyl (C=O) groups excluding carboxylic acids is 3. The normalized spacial score (nSPS) is 14.2. The van der Waals surface area contributed by atoms with Gasteiger partial charge in [-0.05, 0) is 0 Å². The third-order valence-electron chi connectivity index (χ3n) is 4.15. The number of nitrogens with two attached hydrogens (primary N) is 1. The van der Waals surface area contributed by atoms with E-state index in [-0.39, 0.29) is 12.2 Å². The van der Waals surface area contributed by atoms with Gasteiger partial charge in [0.15, 0.2) is 0 Å². The Hall–Kier alpha value is -3.66. The van der Waals surface area contributed by atoms with Crippen LogP contribution in [0.1, 0.15) is 18.5 Å². The van der Waals surface area contributed by atoms with Gasteiger partial charge in [-0.1, -0.05) is 0 Å². The summed E-state index contributed by atoms with van der Waals surface area (Å²) < 4.78 is 0. The first-order valence-electron chi connectivity index (χ1n) is 9.35. The summed E-state index contributed by atoms with van der Waals surface area (Å²) in [6.07, 6.45) is 0.850. The quantitative estimate of drug-likeness (QED) is 0.117. The smallest absolute Gasteiger partial charge is 0.327 e. The fourth-order valence-electron chi connectivity index (χ4n) is 2.50. The average Bonchev–Trinajstić information content (AvgIpc) is 3.22. The van der Waals surface area contributed by atoms with Crippen LogP contribution in [0.2, 0.25) is 0 Å². The molecule has 1 aromatic rings. The average molecular weight is 488 g/mol. The number of aromatic amines is 1. The molecule has 0 saturated heterocycles. The van der Waals surface area contributed by atoms with Crippen LogP contribution in [-0.4, -0.2) is 90.8 Å². The van der Waals surface area contributed by atoms with Crippen LogP contribution in [0.15, 0.2) is 12.5 Å². The van der Waals surface area contributed by atoms with Crippen molar-refractivity contribution in [3.8, 4) is 0 Å². The van der Waals surface area contributed by atoms with Crippen molar-refractivity contribution in [2.75, 3.05) is 5.75 Å². The predicted octanol–water partition coefficient (Wildman–Crippen LogP) is -3.30. The molecule has 0 saturated carbocycles. The molecule has 0 spiro atoms. The molecule has 16 heteroatoms. The van der Waals surface area contributed by atoms with Gasteiger partial charge in [-0.3, -0.25) is 24.0 Å². The first-order valence-corrected chi connectivity index (χ1v) is 9.99. The largest absolute Gasteiger partial charge is 0.481 e. The molecule has 4 unspecified atom stereocenters. The predicted molar refractivity (Wildman–Crippen MR) is 112 cm³/mol. The van der Waals surface area contributed by atoms with Gasteiger partial charge in [0.25, 0.3) is 0 Å². The Morgan fingerprint density at radius 1 is 0.909 bits per heavy atom. The molecule has 0 aliphatic rings. The maximum atomic E-state index is 12.8. The maximum Gasteiger partial charge on any atom is 0.327 e. The summed E-state index contributed by atoms with van der Waals surface area (Å²) >= 11 is 3.79. The lowest BCUT2D eigenvalue weighted by molar-refractivity contribution is -0.143. The number of aromatic nitrogens is 2. The summed E-state index contributed by atoms with van der Waals surface area (Å²) in [5, 5.41) is 33.4. The van der Waals surface area contributed by atoms with E-state index in [4.69, 9.17) is 21.1 Å². The number of carboxylic acids is 3. The van der Waals surface area contributed by atoms with Crippen molar-refractivity contribution in [3.63, 3.8) is 0 Å². The van der Waals surface area contributed by atoms with Crippen LogP contribution in [0.25, 0.3) is 0 Å². The number of hydrogen-bond donors (Lipinski definition) is 9. The molecule has 0 radical (unpaired) electrons. The van der Waals surface area contributed by atoms with E-state index in [1.165, 1.54) is 12.5 Å². The lowest BCUT2D eigenvalue weighted by Crippen LogP contribution is -2.58. The first-order chi connectivity index (χ1) is 15.4. The number of hydrogen-bond acceptors (Lipinski definition) is 9. The first kappa shape index (κ1) is 27.4. The second kappa shape index (κ2) is 13.0. The molecule has 15 nitrogen and oxygen atoms in total. The summed E-state index contributed by atoms with van der Waals surface area (Å²) in [4.78, 5) is 76.9. The molecule has 33 heavy (non-hydrogen) atoms. The zero-order chi connectivity index (χ0) is 25.1. The van der Waals surface area contributed by atoms with Gasteiger partial charge >= 0.3 is 17.9 Å². The van der Waals surface area contributed by atoms with E-state index < -0.39 is 72.6 Å². The minimum absolute atomic E-state index is 0.187. The minimum atomic E-state index is -1.69. The molecule has 3 amide bonds. The monoisotopic (exact) mass is 488 g/mol. The molecule has 1 aromatic heterocycles. The summed E-state index contributed by atoms with van der Waals surface area (Å²) in [6.45, 7) is 0. The van der Waals surface area contributed by atoms with Crippen LogP contribution < -0.4 is 21.7 Å². The Balaban J connectivity index is 3.04. The van der Waals surface area contributed by atoms with Crippen molar-refractivity contribution < 1.29 is 44.1 Å². The number of nitrogens with one attached hydrogen (secondary N) is 4. The second-order valence-corrected chi connectivity index (χ2v) is 7.15. The highest BCUT2D eigenvalue weighted by Crippen LogP contribution is 2.03. The molecule has 0 aliphatic carbocycles. The maximum absolute atomic E-state index is 12.8. The minimum Gasteiger partial charge on any atom is -0.481 e. The number of amides is 3. The van der Waals surface area contributed by atoms with Gasteiger partial charge in [-0.15, -0.1) is 0 Å². The standard InChI is InChI=1S/C17H24N6O9S/c18-8(2-12(24)25)14(28)21-9(1-7-4-19-6-20-7)15(29)22-10(3-13(26)27)16(30)23-11(5-33)17(31)32/h4,6,8-11,33H,1-3,5,18H2,(H,19,20)(H,21,28)(H,22,29)(H,23,30)(H,24,25)(H,26,27)(H,31,32). The van der Waals surface area contributed by atoms with Crippen molar-refractivity contribution >= 4 is 48.3 Å². The zero-order valence-electron chi connectivity index (χ0n) is 17.1. The van der Waals surface area contributed by atoms with Crippen LogP contribution in [0.5, 0.6) is 0 Å². The Bertz CT molecular complexity index is 878. The molecular formula is C17H24N6O9S. The molecule has 4 atom stereocenters. The number of nitrogens with zero attached hydrogens (tertiary/aromatic N) is 1. The van der Waals surface area contributed by atoms with Gasteiger partial charge in [-0.25, -0.2) is 9.78 Å².